The molecule has 0 spiro atoms. The first-order valence-corrected chi connectivity index (χ1v) is 16.6. The van der Waals surface area contributed by atoms with Crippen LogP contribution in [0, 0.1) is 0 Å². The van der Waals surface area contributed by atoms with E-state index in [1.165, 1.54) is 0 Å². The number of hydrogen-bond donors (Lipinski definition) is 4. The lowest BCUT2D eigenvalue weighted by Gasteiger charge is -2.46. The molecule has 4 aromatic rings. The van der Waals surface area contributed by atoms with Gasteiger partial charge in [0.2, 0.25) is 0 Å². The zero-order valence-corrected chi connectivity index (χ0v) is 27.3. The lowest BCUT2D eigenvalue weighted by Crippen LogP contribution is -2.49. The molecule has 8 nitrogen and oxygen atoms in total. The summed E-state index contributed by atoms with van der Waals surface area (Å²) in [4.78, 5) is 14.6. The maximum Gasteiger partial charge on any atom is 0.319 e. The van der Waals surface area contributed by atoms with Gasteiger partial charge in [-0.2, -0.15) is 0 Å². The molecule has 0 aromatic heterocycles. The molecule has 246 valence electrons. The summed E-state index contributed by atoms with van der Waals surface area (Å²) in [5, 5.41) is 27.6. The Balaban J connectivity index is 1.31. The number of urea groups is 1. The zero-order chi connectivity index (χ0) is 32.8. The van der Waals surface area contributed by atoms with Crippen molar-refractivity contribution >= 4 is 23.3 Å². The van der Waals surface area contributed by atoms with Crippen LogP contribution in [0.3, 0.4) is 0 Å². The number of likely N-dealkylation sites (tertiary alicyclic amines) is 1. The van der Waals surface area contributed by atoms with E-state index in [2.05, 4.69) is 27.7 Å². The first-order valence-electron chi connectivity index (χ1n) is 16.3. The number of nitrogens with zero attached hydrogens (tertiary/aromatic N) is 1. The fourth-order valence-corrected chi connectivity index (χ4v) is 6.80. The number of aliphatic hydroxyl groups excluding tert-OH is 1. The summed E-state index contributed by atoms with van der Waals surface area (Å²) < 4.78 is 13.7. The minimum atomic E-state index is -0.909. The molecule has 6 rings (SSSR count). The highest BCUT2D eigenvalue weighted by Crippen LogP contribution is 2.47. The van der Waals surface area contributed by atoms with Crippen molar-refractivity contribution in [2.75, 3.05) is 31.5 Å². The first-order chi connectivity index (χ1) is 22.8. The van der Waals surface area contributed by atoms with Gasteiger partial charge >= 0.3 is 6.03 Å². The van der Waals surface area contributed by atoms with Crippen molar-refractivity contribution in [1.29, 1.82) is 0 Å². The van der Waals surface area contributed by atoms with Crippen LogP contribution >= 0.6 is 11.6 Å². The van der Waals surface area contributed by atoms with Crippen molar-refractivity contribution in [3.8, 4) is 0 Å². The fraction of sp³-hybridized carbons (Fsp3) is 0.342. The van der Waals surface area contributed by atoms with Crippen LogP contribution in [-0.4, -0.2) is 53.4 Å². The third-order valence-corrected chi connectivity index (χ3v) is 9.48. The highest BCUT2D eigenvalue weighted by molar-refractivity contribution is 6.30. The van der Waals surface area contributed by atoms with E-state index in [0.29, 0.717) is 49.7 Å². The van der Waals surface area contributed by atoms with Gasteiger partial charge in [0.25, 0.3) is 0 Å². The summed E-state index contributed by atoms with van der Waals surface area (Å²) in [5.41, 5.74) is 4.34. The Bertz CT molecular complexity index is 1610. The van der Waals surface area contributed by atoms with Crippen molar-refractivity contribution in [2.24, 2.45) is 0 Å². The molecular weight excluding hydrogens is 614 g/mol. The SMILES string of the molecule is CCNC(=O)Nc1cccc(C2O[C@H](CN3CCC(O)(c4ccc(Cl)cc4)CC3)[C@@H](c3ccccc3)[C@H](c3ccc(CO)cc3)O2)c1. The van der Waals surface area contributed by atoms with Crippen LogP contribution in [0.1, 0.15) is 65.9 Å². The zero-order valence-electron chi connectivity index (χ0n) is 26.5. The molecule has 2 fully saturated rings. The normalized spacial score (nSPS) is 22.8. The maximum atomic E-state index is 12.3. The first kappa shape index (κ1) is 33.2. The summed E-state index contributed by atoms with van der Waals surface area (Å²) in [7, 11) is 0. The Labute approximate surface area is 281 Å². The number of anilines is 1. The van der Waals surface area contributed by atoms with Gasteiger partial charge in [-0.1, -0.05) is 90.5 Å². The van der Waals surface area contributed by atoms with Gasteiger partial charge in [-0.25, -0.2) is 4.79 Å². The van der Waals surface area contributed by atoms with Gasteiger partial charge in [0.1, 0.15) is 0 Å². The molecule has 9 heteroatoms. The molecule has 2 aliphatic heterocycles. The largest absolute Gasteiger partial charge is 0.392 e. The molecule has 0 saturated carbocycles. The Kier molecular flexibility index (Phi) is 10.6. The lowest BCUT2D eigenvalue weighted by atomic mass is 9.81. The predicted octanol–water partition coefficient (Wildman–Crippen LogP) is 6.90. The van der Waals surface area contributed by atoms with Gasteiger partial charge in [-0.05, 0) is 66.3 Å². The van der Waals surface area contributed by atoms with E-state index in [1.54, 1.807) is 0 Å². The number of benzene rings is 4. The molecule has 4 N–H and O–H groups in total. The van der Waals surface area contributed by atoms with Crippen LogP contribution < -0.4 is 10.6 Å². The molecule has 2 aliphatic rings. The van der Waals surface area contributed by atoms with Crippen LogP contribution in [-0.2, 0) is 21.7 Å². The summed E-state index contributed by atoms with van der Waals surface area (Å²) in [6.45, 7) is 4.40. The van der Waals surface area contributed by atoms with E-state index in [1.807, 2.05) is 97.9 Å². The van der Waals surface area contributed by atoms with Crippen molar-refractivity contribution < 1.29 is 24.5 Å². The fourth-order valence-electron chi connectivity index (χ4n) is 6.67. The van der Waals surface area contributed by atoms with Gasteiger partial charge in [-0.3, -0.25) is 0 Å². The van der Waals surface area contributed by atoms with Gasteiger partial charge in [-0.15, -0.1) is 0 Å². The Morgan fingerprint density at radius 2 is 1.60 bits per heavy atom. The number of aliphatic hydroxyl groups is 2. The Morgan fingerprint density at radius 1 is 0.894 bits per heavy atom. The molecule has 2 saturated heterocycles. The maximum absolute atomic E-state index is 12.3. The van der Waals surface area contributed by atoms with E-state index >= 15 is 0 Å². The number of carbonyl (C=O) groups is 1. The number of ether oxygens (including phenoxy) is 2. The highest BCUT2D eigenvalue weighted by Gasteiger charge is 2.44. The van der Waals surface area contributed by atoms with Crippen LogP contribution in [0.15, 0.2) is 103 Å². The summed E-state index contributed by atoms with van der Waals surface area (Å²) in [6.07, 6.45) is -0.132. The molecule has 1 unspecified atom stereocenters. The van der Waals surface area contributed by atoms with E-state index in [9.17, 15) is 15.0 Å². The standard InChI is InChI=1S/C38H42ClN3O5/c1-2-40-37(44)41-32-10-6-9-29(23-32)36-46-33(24-42-21-19-38(45,20-22-42)30-15-17-31(39)18-16-30)34(27-7-4-3-5-8-27)35(47-36)28-13-11-26(25-43)12-14-28/h3-18,23,33-36,43,45H,2,19-22,24-25H2,1H3,(H2,40,41,44)/t33-,34-,35+,36?/m1/s1. The number of halogens is 1. The predicted molar refractivity (Wildman–Crippen MR) is 183 cm³/mol. The van der Waals surface area contributed by atoms with Crippen molar-refractivity contribution in [1.82, 2.24) is 10.2 Å². The van der Waals surface area contributed by atoms with E-state index in [-0.39, 0.29) is 30.8 Å². The highest BCUT2D eigenvalue weighted by atomic mass is 35.5. The van der Waals surface area contributed by atoms with Crippen LogP contribution in [0.2, 0.25) is 5.02 Å². The van der Waals surface area contributed by atoms with Crippen LogP contribution in [0.4, 0.5) is 10.5 Å². The number of piperidine rings is 1. The average molecular weight is 656 g/mol. The topological polar surface area (TPSA) is 103 Å². The third-order valence-electron chi connectivity index (χ3n) is 9.23. The number of hydrogen-bond acceptors (Lipinski definition) is 6. The monoisotopic (exact) mass is 655 g/mol. The van der Waals surface area contributed by atoms with Gasteiger partial charge < -0.3 is 35.2 Å². The second-order valence-electron chi connectivity index (χ2n) is 12.3. The minimum absolute atomic E-state index is 0.0367. The second kappa shape index (κ2) is 15.0. The Hall–Kier alpha value is -3.76. The second-order valence-corrected chi connectivity index (χ2v) is 12.8. The molecular formula is C38H42ClN3O5. The van der Waals surface area contributed by atoms with Crippen molar-refractivity contribution in [3.05, 3.63) is 136 Å². The molecule has 47 heavy (non-hydrogen) atoms. The summed E-state index contributed by atoms with van der Waals surface area (Å²) >= 11 is 6.12. The number of carbonyl (C=O) groups excluding carboxylic acids is 1. The number of amides is 2. The third kappa shape index (κ3) is 7.87. The quantitative estimate of drug-likeness (QED) is 0.157. The number of rotatable bonds is 9. The average Bonchev–Trinajstić information content (AvgIpc) is 3.10. The van der Waals surface area contributed by atoms with E-state index in [4.69, 9.17) is 21.1 Å². The number of nitrogens with one attached hydrogen (secondary N) is 2. The molecule has 2 amide bonds. The molecule has 0 bridgehead atoms. The molecule has 2 heterocycles. The van der Waals surface area contributed by atoms with Crippen molar-refractivity contribution in [3.63, 3.8) is 0 Å². The van der Waals surface area contributed by atoms with E-state index in [0.717, 1.165) is 27.8 Å². The van der Waals surface area contributed by atoms with Crippen molar-refractivity contribution in [2.45, 2.75) is 56.4 Å². The van der Waals surface area contributed by atoms with Gasteiger partial charge in [0, 0.05) is 48.4 Å². The van der Waals surface area contributed by atoms with Gasteiger partial charge in [0.15, 0.2) is 6.29 Å². The summed E-state index contributed by atoms with van der Waals surface area (Å²) in [5.74, 6) is -0.138. The summed E-state index contributed by atoms with van der Waals surface area (Å²) in [6, 6.07) is 33.0. The Morgan fingerprint density at radius 3 is 2.28 bits per heavy atom. The molecule has 0 radical (unpaired) electrons. The molecule has 4 aromatic carbocycles. The molecule has 0 aliphatic carbocycles. The van der Waals surface area contributed by atoms with E-state index < -0.39 is 11.9 Å². The minimum Gasteiger partial charge on any atom is -0.392 e. The molecule has 4 atom stereocenters. The lowest BCUT2D eigenvalue weighted by molar-refractivity contribution is -0.264. The smallest absolute Gasteiger partial charge is 0.319 e. The van der Waals surface area contributed by atoms with Crippen LogP contribution in [0.5, 0.6) is 0 Å². The van der Waals surface area contributed by atoms with Gasteiger partial charge in [0.05, 0.1) is 24.4 Å². The van der Waals surface area contributed by atoms with Crippen LogP contribution in [0.25, 0.3) is 0 Å².